The van der Waals surface area contributed by atoms with Crippen LogP contribution in [-0.2, 0) is 27.4 Å². The molecule has 2 N–H and O–H groups in total. The number of hydrogen-bond donors (Lipinski definition) is 2. The van der Waals surface area contributed by atoms with Crippen LogP contribution in [0.25, 0.3) is 0 Å². The Morgan fingerprint density at radius 1 is 1.28 bits per heavy atom. The number of guanidine groups is 1. The molecule has 0 radical (unpaired) electrons. The Balaban J connectivity index is 0.00000420. The smallest absolute Gasteiger partial charge is 0.379 e. The fourth-order valence-corrected chi connectivity index (χ4v) is 2.69. The maximum atomic E-state index is 12.1. The van der Waals surface area contributed by atoms with Crippen LogP contribution in [-0.4, -0.2) is 58.3 Å². The van der Waals surface area contributed by atoms with Crippen LogP contribution >= 0.6 is 24.0 Å². The standard InChI is InChI=1S/C19H28F3N3O3.HI/c1-23-18(24-7-3-8-28-17-6-9-26-13-17)25-11-15-4-2-5-16(10-15)12-27-14-19(20,21)22;/h2,4-5,10,17H,3,6-9,11-14H2,1H3,(H2,23,24,25);1H. The van der Waals surface area contributed by atoms with Crippen molar-refractivity contribution in [2.24, 2.45) is 4.99 Å². The lowest BCUT2D eigenvalue weighted by molar-refractivity contribution is -0.176. The van der Waals surface area contributed by atoms with Gasteiger partial charge in [0.1, 0.15) is 6.61 Å². The van der Waals surface area contributed by atoms with Gasteiger partial charge in [-0.1, -0.05) is 24.3 Å². The van der Waals surface area contributed by atoms with Gasteiger partial charge in [-0.05, 0) is 24.0 Å². The third kappa shape index (κ3) is 11.6. The summed E-state index contributed by atoms with van der Waals surface area (Å²) < 4.78 is 52.1. The number of nitrogens with zero attached hydrogens (tertiary/aromatic N) is 1. The molecule has 1 aromatic carbocycles. The van der Waals surface area contributed by atoms with Gasteiger partial charge in [0, 0.05) is 33.4 Å². The van der Waals surface area contributed by atoms with Crippen molar-refractivity contribution < 1.29 is 27.4 Å². The second kappa shape index (κ2) is 14.0. The number of nitrogens with one attached hydrogen (secondary N) is 2. The summed E-state index contributed by atoms with van der Waals surface area (Å²) in [5, 5.41) is 6.39. The number of benzene rings is 1. The van der Waals surface area contributed by atoms with Gasteiger partial charge >= 0.3 is 6.18 Å². The molecule has 1 fully saturated rings. The lowest BCUT2D eigenvalue weighted by Gasteiger charge is -2.14. The van der Waals surface area contributed by atoms with Gasteiger partial charge < -0.3 is 24.8 Å². The molecule has 1 unspecified atom stereocenters. The van der Waals surface area contributed by atoms with Crippen LogP contribution in [0.15, 0.2) is 29.3 Å². The number of hydrogen-bond acceptors (Lipinski definition) is 4. The zero-order valence-electron chi connectivity index (χ0n) is 16.5. The fourth-order valence-electron chi connectivity index (χ4n) is 2.69. The highest BCUT2D eigenvalue weighted by atomic mass is 127. The molecule has 1 aliphatic rings. The minimum atomic E-state index is -4.31. The quantitative estimate of drug-likeness (QED) is 0.210. The SMILES string of the molecule is CN=C(NCCCOC1CCOC1)NCc1cccc(COCC(F)(F)F)c1.I. The molecule has 6 nitrogen and oxygen atoms in total. The van der Waals surface area contributed by atoms with Crippen LogP contribution < -0.4 is 10.6 Å². The topological polar surface area (TPSA) is 64.1 Å². The first kappa shape index (κ1) is 25.9. The first-order valence-electron chi connectivity index (χ1n) is 9.32. The Morgan fingerprint density at radius 3 is 2.76 bits per heavy atom. The van der Waals surface area contributed by atoms with Crippen LogP contribution in [0.1, 0.15) is 24.0 Å². The lowest BCUT2D eigenvalue weighted by Crippen LogP contribution is -2.37. The van der Waals surface area contributed by atoms with Crippen LogP contribution in [0.3, 0.4) is 0 Å². The normalized spacial score (nSPS) is 17.1. The monoisotopic (exact) mass is 531 g/mol. The van der Waals surface area contributed by atoms with Gasteiger partial charge in [0.2, 0.25) is 0 Å². The van der Waals surface area contributed by atoms with E-state index in [0.717, 1.165) is 31.6 Å². The maximum absolute atomic E-state index is 12.1. The van der Waals surface area contributed by atoms with Crippen LogP contribution in [0.5, 0.6) is 0 Å². The number of ether oxygens (including phenoxy) is 3. The predicted molar refractivity (Wildman–Crippen MR) is 116 cm³/mol. The Hall–Kier alpha value is -1.11. The number of halogens is 4. The minimum Gasteiger partial charge on any atom is -0.379 e. The van der Waals surface area contributed by atoms with Gasteiger partial charge in [-0.3, -0.25) is 4.99 Å². The van der Waals surface area contributed by atoms with Crippen molar-refractivity contribution in [2.75, 3.05) is 40.0 Å². The molecule has 0 bridgehead atoms. The Labute approximate surface area is 186 Å². The summed E-state index contributed by atoms with van der Waals surface area (Å²) in [7, 11) is 1.68. The minimum absolute atomic E-state index is 0. The van der Waals surface area contributed by atoms with Gasteiger partial charge in [-0.2, -0.15) is 13.2 Å². The molecule has 0 amide bonds. The second-order valence-electron chi connectivity index (χ2n) is 6.49. The third-order valence-corrected chi connectivity index (χ3v) is 4.06. The van der Waals surface area contributed by atoms with E-state index in [9.17, 15) is 13.2 Å². The highest BCUT2D eigenvalue weighted by Gasteiger charge is 2.27. The molecule has 0 aromatic heterocycles. The van der Waals surface area contributed by atoms with Gasteiger partial charge in [0.05, 0.1) is 19.3 Å². The number of rotatable bonds is 10. The highest BCUT2D eigenvalue weighted by Crippen LogP contribution is 2.16. The first-order chi connectivity index (χ1) is 13.5. The summed E-state index contributed by atoms with van der Waals surface area (Å²) >= 11 is 0. The molecular weight excluding hydrogens is 502 g/mol. The summed E-state index contributed by atoms with van der Waals surface area (Å²) in [4.78, 5) is 4.16. The van der Waals surface area contributed by atoms with E-state index in [0.29, 0.717) is 31.3 Å². The first-order valence-corrected chi connectivity index (χ1v) is 9.32. The van der Waals surface area contributed by atoms with E-state index in [1.54, 1.807) is 19.2 Å². The van der Waals surface area contributed by atoms with Gasteiger partial charge in [-0.15, -0.1) is 24.0 Å². The Kier molecular flexibility index (Phi) is 12.5. The van der Waals surface area contributed by atoms with Gasteiger partial charge in [0.25, 0.3) is 0 Å². The van der Waals surface area contributed by atoms with E-state index < -0.39 is 12.8 Å². The van der Waals surface area contributed by atoms with E-state index >= 15 is 0 Å². The van der Waals surface area contributed by atoms with E-state index in [4.69, 9.17) is 14.2 Å². The molecule has 166 valence electrons. The largest absolute Gasteiger partial charge is 0.411 e. The van der Waals surface area contributed by atoms with Gasteiger partial charge in [0.15, 0.2) is 5.96 Å². The van der Waals surface area contributed by atoms with E-state index in [1.807, 2.05) is 12.1 Å². The molecule has 1 saturated heterocycles. The molecule has 1 heterocycles. The summed E-state index contributed by atoms with van der Waals surface area (Å²) in [6.45, 7) is 2.02. The van der Waals surface area contributed by atoms with Gasteiger partial charge in [-0.25, -0.2) is 0 Å². The molecule has 1 atom stereocenters. The molecule has 1 aromatic rings. The van der Waals surface area contributed by atoms with Crippen molar-refractivity contribution in [2.45, 2.75) is 38.3 Å². The van der Waals surface area contributed by atoms with Crippen molar-refractivity contribution in [3.8, 4) is 0 Å². The molecule has 1 aliphatic heterocycles. The maximum Gasteiger partial charge on any atom is 0.411 e. The van der Waals surface area contributed by atoms with Crippen molar-refractivity contribution in [3.05, 3.63) is 35.4 Å². The molecule has 0 saturated carbocycles. The third-order valence-electron chi connectivity index (χ3n) is 4.06. The van der Waals surface area contributed by atoms with Crippen molar-refractivity contribution in [1.82, 2.24) is 10.6 Å². The summed E-state index contributed by atoms with van der Waals surface area (Å²) in [6, 6.07) is 7.24. The van der Waals surface area contributed by atoms with E-state index in [1.165, 1.54) is 0 Å². The summed E-state index contributed by atoms with van der Waals surface area (Å²) in [5.74, 6) is 0.655. The second-order valence-corrected chi connectivity index (χ2v) is 6.49. The summed E-state index contributed by atoms with van der Waals surface area (Å²) in [6.07, 6.45) is -2.29. The Bertz CT molecular complexity index is 612. The predicted octanol–water partition coefficient (Wildman–Crippen LogP) is 3.24. The zero-order valence-corrected chi connectivity index (χ0v) is 18.8. The van der Waals surface area contributed by atoms with Crippen molar-refractivity contribution in [1.29, 1.82) is 0 Å². The molecule has 0 spiro atoms. The molecule has 2 rings (SSSR count). The fraction of sp³-hybridized carbons (Fsp3) is 0.632. The molecular formula is C19H29F3IN3O3. The molecule has 0 aliphatic carbocycles. The number of alkyl halides is 3. The number of aliphatic imine (C=N–C) groups is 1. The average Bonchev–Trinajstić information content (AvgIpc) is 3.17. The highest BCUT2D eigenvalue weighted by molar-refractivity contribution is 14.0. The molecule has 29 heavy (non-hydrogen) atoms. The van der Waals surface area contributed by atoms with E-state index in [-0.39, 0.29) is 36.7 Å². The molecule has 10 heteroatoms. The van der Waals surface area contributed by atoms with Crippen LogP contribution in [0, 0.1) is 0 Å². The zero-order chi connectivity index (χ0) is 20.2. The Morgan fingerprint density at radius 2 is 2.07 bits per heavy atom. The van der Waals surface area contributed by atoms with Crippen LogP contribution in [0.4, 0.5) is 13.2 Å². The average molecular weight is 531 g/mol. The van der Waals surface area contributed by atoms with Crippen LogP contribution in [0.2, 0.25) is 0 Å². The van der Waals surface area contributed by atoms with E-state index in [2.05, 4.69) is 15.6 Å². The van der Waals surface area contributed by atoms with Crippen molar-refractivity contribution >= 4 is 29.9 Å². The van der Waals surface area contributed by atoms with Crippen molar-refractivity contribution in [3.63, 3.8) is 0 Å². The lowest BCUT2D eigenvalue weighted by atomic mass is 10.1. The summed E-state index contributed by atoms with van der Waals surface area (Å²) in [5.41, 5.74) is 1.63.